The number of tetrazole rings is 1. The number of aromatic nitrogens is 8. The minimum atomic E-state index is -4.78. The number of aliphatic hydroxyl groups excluding tert-OH is 1. The lowest BCUT2D eigenvalue weighted by Gasteiger charge is -2.32. The normalized spacial score (nSPS) is 19.5. The van der Waals surface area contributed by atoms with Crippen LogP contribution in [0, 0.1) is 17.8 Å². The fraction of sp³-hybridized carbons (Fsp3) is 0.640. The molecule has 0 aliphatic heterocycles. The highest BCUT2D eigenvalue weighted by molar-refractivity contribution is 6.00. The van der Waals surface area contributed by atoms with Gasteiger partial charge in [-0.25, -0.2) is 13.5 Å². The van der Waals surface area contributed by atoms with Gasteiger partial charge in [-0.05, 0) is 48.1 Å². The Hall–Kier alpha value is -4.03. The highest BCUT2D eigenvalue weighted by Crippen LogP contribution is 2.32. The largest absolute Gasteiger partial charge is 0.408 e. The third-order valence-corrected chi connectivity index (χ3v) is 7.54. The second-order valence-electron chi connectivity index (χ2n) is 10.9. The molecule has 0 radical (unpaired) electrons. The van der Waals surface area contributed by atoms with E-state index in [1.54, 1.807) is 6.92 Å². The first-order valence-electron chi connectivity index (χ1n) is 13.9. The molecule has 19 heteroatoms. The first kappa shape index (κ1) is 32.9. The summed E-state index contributed by atoms with van der Waals surface area (Å²) in [6, 6.07) is -1.98. The second-order valence-corrected chi connectivity index (χ2v) is 10.9. The zero-order valence-electron chi connectivity index (χ0n) is 23.8. The van der Waals surface area contributed by atoms with Gasteiger partial charge in [0.25, 0.3) is 11.9 Å². The Morgan fingerprint density at radius 3 is 2.52 bits per heavy atom. The van der Waals surface area contributed by atoms with Crippen LogP contribution >= 0.6 is 0 Å². The zero-order valence-corrected chi connectivity index (χ0v) is 23.8. The van der Waals surface area contributed by atoms with Gasteiger partial charge in [0.1, 0.15) is 30.0 Å². The number of nitrogens with zero attached hydrogens (tertiary/aromatic N) is 8. The van der Waals surface area contributed by atoms with E-state index in [9.17, 15) is 36.6 Å². The van der Waals surface area contributed by atoms with Crippen LogP contribution in [0.25, 0.3) is 0 Å². The molecule has 0 saturated heterocycles. The van der Waals surface area contributed by atoms with Gasteiger partial charge in [0.05, 0.1) is 18.8 Å². The maximum atomic E-state index is 15.0. The summed E-state index contributed by atoms with van der Waals surface area (Å²) in [7, 11) is 0. The predicted octanol–water partition coefficient (Wildman–Crippen LogP) is 3.13. The molecule has 3 aromatic heterocycles. The predicted molar refractivity (Wildman–Crippen MR) is 140 cm³/mol. The van der Waals surface area contributed by atoms with Crippen molar-refractivity contribution in [3.63, 3.8) is 0 Å². The van der Waals surface area contributed by atoms with Crippen LogP contribution in [0.5, 0.6) is 0 Å². The highest BCUT2D eigenvalue weighted by atomic mass is 19.4. The molecular formula is C25H32F6N10O3. The van der Waals surface area contributed by atoms with E-state index in [-0.39, 0.29) is 22.9 Å². The van der Waals surface area contributed by atoms with Crippen LogP contribution in [-0.2, 0) is 11.3 Å². The van der Waals surface area contributed by atoms with Gasteiger partial charge in [-0.2, -0.15) is 22.7 Å². The molecule has 3 N–H and O–H groups in total. The number of aliphatic hydroxyl groups is 1. The van der Waals surface area contributed by atoms with Gasteiger partial charge in [0.2, 0.25) is 12.3 Å². The van der Waals surface area contributed by atoms with Crippen molar-refractivity contribution in [2.45, 2.75) is 83.2 Å². The monoisotopic (exact) mass is 634 g/mol. The van der Waals surface area contributed by atoms with Gasteiger partial charge < -0.3 is 15.7 Å². The van der Waals surface area contributed by atoms with Crippen molar-refractivity contribution in [3.05, 3.63) is 35.9 Å². The lowest BCUT2D eigenvalue weighted by atomic mass is 9.79. The van der Waals surface area contributed by atoms with Crippen molar-refractivity contribution >= 4 is 17.5 Å². The molecule has 1 aliphatic rings. The number of amides is 2. The molecule has 3 atom stereocenters. The number of alkyl halides is 5. The molecule has 0 aromatic carbocycles. The number of hydrogen-bond acceptors (Lipinski definition) is 8. The van der Waals surface area contributed by atoms with Gasteiger partial charge in [0.15, 0.2) is 5.82 Å². The van der Waals surface area contributed by atoms with Gasteiger partial charge in [-0.15, -0.1) is 10.2 Å². The SMILES string of the molecule is CC1CCC([C@H](NC(=O)c2ccnn2[C@@H](C)CO)C(=O)Nc2cn(C(CC(F)F)c3nnnn3CC(F)(F)F)nc2F)CC1. The second kappa shape index (κ2) is 13.7. The lowest BCUT2D eigenvalue weighted by Crippen LogP contribution is -2.49. The van der Waals surface area contributed by atoms with Crippen molar-refractivity contribution in [3.8, 4) is 0 Å². The molecule has 0 spiro atoms. The van der Waals surface area contributed by atoms with E-state index in [0.717, 1.165) is 19.0 Å². The third kappa shape index (κ3) is 7.92. The van der Waals surface area contributed by atoms with Gasteiger partial charge in [-0.3, -0.25) is 19.0 Å². The van der Waals surface area contributed by atoms with Crippen molar-refractivity contribution in [2.75, 3.05) is 11.9 Å². The zero-order chi connectivity index (χ0) is 32.2. The average molecular weight is 635 g/mol. The van der Waals surface area contributed by atoms with Crippen LogP contribution in [0.2, 0.25) is 0 Å². The van der Waals surface area contributed by atoms with E-state index >= 15 is 4.39 Å². The van der Waals surface area contributed by atoms with E-state index in [1.165, 1.54) is 16.9 Å². The molecule has 1 fully saturated rings. The maximum absolute atomic E-state index is 15.0. The number of carbonyl (C=O) groups is 2. The van der Waals surface area contributed by atoms with Gasteiger partial charge in [-0.1, -0.05) is 19.8 Å². The molecule has 4 rings (SSSR count). The minimum absolute atomic E-state index is 0.0824. The molecule has 242 valence electrons. The fourth-order valence-corrected chi connectivity index (χ4v) is 5.21. The van der Waals surface area contributed by atoms with Crippen LogP contribution in [-0.4, -0.2) is 81.9 Å². The van der Waals surface area contributed by atoms with Crippen LogP contribution in [0.15, 0.2) is 18.5 Å². The summed E-state index contributed by atoms with van der Waals surface area (Å²) >= 11 is 0. The summed E-state index contributed by atoms with van der Waals surface area (Å²) in [6.07, 6.45) is -4.02. The van der Waals surface area contributed by atoms with E-state index in [4.69, 9.17) is 0 Å². The Labute approximate surface area is 247 Å². The minimum Gasteiger partial charge on any atom is -0.394 e. The van der Waals surface area contributed by atoms with Crippen molar-refractivity contribution < 1.29 is 41.0 Å². The summed E-state index contributed by atoms with van der Waals surface area (Å²) in [5.41, 5.74) is -0.467. The number of halogens is 6. The molecule has 1 unspecified atom stereocenters. The van der Waals surface area contributed by atoms with Crippen LogP contribution in [0.4, 0.5) is 32.0 Å². The standard InChI is InChI=1S/C25H32F6N10O3/c1-13-3-5-15(6-4-13)20(34-23(43)17-7-8-32-41(17)14(2)11-42)24(44)33-16-10-39(36-21(16)28)18(9-19(26)27)22-35-37-38-40(22)12-25(29,30)31/h7-8,10,13-15,18-20,42H,3-6,9,11-12H2,1-2H3,(H,33,44)(H,34,43)/t13?,14-,15?,18?,20-/m0/s1. The number of anilines is 1. The van der Waals surface area contributed by atoms with E-state index < -0.39 is 73.0 Å². The first-order chi connectivity index (χ1) is 20.8. The molecule has 0 bridgehead atoms. The summed E-state index contributed by atoms with van der Waals surface area (Å²) in [5, 5.41) is 31.9. The van der Waals surface area contributed by atoms with Crippen molar-refractivity contribution in [1.29, 1.82) is 0 Å². The van der Waals surface area contributed by atoms with Crippen molar-refractivity contribution in [1.82, 2.24) is 45.1 Å². The van der Waals surface area contributed by atoms with E-state index in [2.05, 4.69) is 43.3 Å². The summed E-state index contributed by atoms with van der Waals surface area (Å²) in [6.45, 7) is 1.72. The van der Waals surface area contributed by atoms with Crippen LogP contribution < -0.4 is 10.6 Å². The summed E-state index contributed by atoms with van der Waals surface area (Å²) < 4.78 is 83.2. The average Bonchev–Trinajstić information content (AvgIpc) is 3.70. The molecule has 1 aliphatic carbocycles. The molecule has 44 heavy (non-hydrogen) atoms. The lowest BCUT2D eigenvalue weighted by molar-refractivity contribution is -0.143. The Morgan fingerprint density at radius 2 is 1.89 bits per heavy atom. The van der Waals surface area contributed by atoms with Gasteiger partial charge in [0, 0.05) is 12.6 Å². The Morgan fingerprint density at radius 1 is 1.18 bits per heavy atom. The molecule has 1 saturated carbocycles. The Bertz CT molecular complexity index is 1420. The number of nitrogens with one attached hydrogen (secondary N) is 2. The Kier molecular flexibility index (Phi) is 10.3. The van der Waals surface area contributed by atoms with E-state index in [1.807, 2.05) is 0 Å². The van der Waals surface area contributed by atoms with Crippen LogP contribution in [0.1, 0.15) is 74.3 Å². The Balaban J connectivity index is 1.60. The molecular weight excluding hydrogens is 602 g/mol. The smallest absolute Gasteiger partial charge is 0.394 e. The molecule has 3 aromatic rings. The quantitative estimate of drug-likeness (QED) is 0.257. The summed E-state index contributed by atoms with van der Waals surface area (Å²) in [5.74, 6) is -3.36. The highest BCUT2D eigenvalue weighted by Gasteiger charge is 2.36. The topological polar surface area (TPSA) is 158 Å². The molecule has 3 heterocycles. The van der Waals surface area contributed by atoms with Gasteiger partial charge >= 0.3 is 6.18 Å². The summed E-state index contributed by atoms with van der Waals surface area (Å²) in [4.78, 5) is 26.8. The fourth-order valence-electron chi connectivity index (χ4n) is 5.21. The number of rotatable bonds is 12. The number of carbonyl (C=O) groups excluding carboxylic acids is 2. The number of hydrogen-bond donors (Lipinski definition) is 3. The third-order valence-electron chi connectivity index (χ3n) is 7.54. The van der Waals surface area contributed by atoms with Crippen molar-refractivity contribution in [2.24, 2.45) is 11.8 Å². The molecule has 2 amide bonds. The van der Waals surface area contributed by atoms with Crippen LogP contribution in [0.3, 0.4) is 0 Å². The van der Waals surface area contributed by atoms with E-state index in [0.29, 0.717) is 23.4 Å². The maximum Gasteiger partial charge on any atom is 0.408 e. The molecule has 13 nitrogen and oxygen atoms in total. The first-order valence-corrected chi connectivity index (χ1v) is 13.9.